The molecule has 0 saturated heterocycles. The highest BCUT2D eigenvalue weighted by molar-refractivity contribution is 7.09. The van der Waals surface area contributed by atoms with Crippen LogP contribution in [0.3, 0.4) is 0 Å². The molecule has 9 heteroatoms. The number of hydrogen-bond acceptors (Lipinski definition) is 7. The Labute approximate surface area is 175 Å². The Morgan fingerprint density at radius 1 is 1.17 bits per heavy atom. The van der Waals surface area contributed by atoms with Crippen LogP contribution in [0.15, 0.2) is 70.7 Å². The maximum Gasteiger partial charge on any atom is 0.418 e. The van der Waals surface area contributed by atoms with Crippen LogP contribution in [-0.4, -0.2) is 27.6 Å². The van der Waals surface area contributed by atoms with Crippen molar-refractivity contribution in [3.05, 3.63) is 81.8 Å². The summed E-state index contributed by atoms with van der Waals surface area (Å²) in [5, 5.41) is 9.90. The third-order valence-electron chi connectivity index (χ3n) is 3.99. The third kappa shape index (κ3) is 4.61. The van der Waals surface area contributed by atoms with Crippen molar-refractivity contribution >= 4 is 28.8 Å². The number of rotatable bonds is 7. The zero-order valence-electron chi connectivity index (χ0n) is 15.0. The molecule has 7 nitrogen and oxygen atoms in total. The molecule has 0 fully saturated rings. The summed E-state index contributed by atoms with van der Waals surface area (Å²) in [7, 11) is 0. The van der Waals surface area contributed by atoms with E-state index in [0.29, 0.717) is 10.6 Å². The zero-order valence-corrected chi connectivity index (χ0v) is 16.6. The molecule has 2 heterocycles. The van der Waals surface area contributed by atoms with Crippen molar-refractivity contribution in [3.63, 3.8) is 0 Å². The Morgan fingerprint density at radius 2 is 1.97 bits per heavy atom. The molecule has 2 aromatic heterocycles. The first-order valence-electron chi connectivity index (χ1n) is 8.66. The van der Waals surface area contributed by atoms with Crippen molar-refractivity contribution in [2.75, 3.05) is 6.61 Å². The van der Waals surface area contributed by atoms with Crippen molar-refractivity contribution in [1.29, 1.82) is 0 Å². The molecule has 4 rings (SSSR count). The van der Waals surface area contributed by atoms with Gasteiger partial charge in [-0.1, -0.05) is 59.2 Å². The van der Waals surface area contributed by atoms with Crippen molar-refractivity contribution in [2.45, 2.75) is 6.04 Å². The van der Waals surface area contributed by atoms with Crippen molar-refractivity contribution in [1.82, 2.24) is 20.4 Å². The molecule has 29 heavy (non-hydrogen) atoms. The molecule has 0 spiro atoms. The van der Waals surface area contributed by atoms with Crippen LogP contribution in [0.5, 0.6) is 6.08 Å². The number of carbonyl (C=O) groups is 1. The maximum absolute atomic E-state index is 12.5. The van der Waals surface area contributed by atoms with Crippen molar-refractivity contribution in [2.24, 2.45) is 0 Å². The van der Waals surface area contributed by atoms with Crippen molar-refractivity contribution < 1.29 is 14.1 Å². The van der Waals surface area contributed by atoms with Gasteiger partial charge >= 0.3 is 6.08 Å². The normalized spacial score (nSPS) is 11.8. The van der Waals surface area contributed by atoms with E-state index in [0.717, 1.165) is 10.6 Å². The fourth-order valence-electron chi connectivity index (χ4n) is 2.66. The van der Waals surface area contributed by atoms with E-state index in [-0.39, 0.29) is 30.5 Å². The van der Waals surface area contributed by atoms with Gasteiger partial charge in [-0.3, -0.25) is 9.32 Å². The van der Waals surface area contributed by atoms with E-state index in [2.05, 4.69) is 20.4 Å². The lowest BCUT2D eigenvalue weighted by Crippen LogP contribution is -2.33. The quantitative estimate of drug-likeness (QED) is 0.477. The standard InChI is InChI=1S/C20H15ClN4O3S/c21-15-9-5-4-8-14(15)18-24-20(28-25-18)27-12-16(26)23-17(19-22-10-11-29-19)13-6-2-1-3-7-13/h1-11,17H,12H2,(H,23,26). The van der Waals surface area contributed by atoms with Crippen LogP contribution in [0.25, 0.3) is 11.4 Å². The minimum absolute atomic E-state index is 0.111. The van der Waals surface area contributed by atoms with Crippen LogP contribution in [0.1, 0.15) is 16.6 Å². The molecule has 1 atom stereocenters. The number of halogens is 1. The van der Waals surface area contributed by atoms with E-state index in [9.17, 15) is 4.79 Å². The number of benzene rings is 2. The van der Waals surface area contributed by atoms with Crippen LogP contribution in [-0.2, 0) is 4.79 Å². The summed E-state index contributed by atoms with van der Waals surface area (Å²) in [5.74, 6) is -0.0532. The predicted molar refractivity (Wildman–Crippen MR) is 109 cm³/mol. The fraction of sp³-hybridized carbons (Fsp3) is 0.100. The van der Waals surface area contributed by atoms with Gasteiger partial charge in [-0.05, 0) is 17.7 Å². The highest BCUT2D eigenvalue weighted by atomic mass is 35.5. The van der Waals surface area contributed by atoms with Crippen LogP contribution in [0.4, 0.5) is 0 Å². The number of thiazole rings is 1. The number of aromatic nitrogens is 3. The minimum Gasteiger partial charge on any atom is -0.439 e. The molecule has 0 aliphatic heterocycles. The summed E-state index contributed by atoms with van der Waals surface area (Å²) >= 11 is 7.59. The van der Waals surface area contributed by atoms with Gasteiger partial charge in [0.1, 0.15) is 11.0 Å². The number of ether oxygens (including phenoxy) is 1. The lowest BCUT2D eigenvalue weighted by atomic mass is 10.1. The molecular weight excluding hydrogens is 412 g/mol. The van der Waals surface area contributed by atoms with Gasteiger partial charge < -0.3 is 10.1 Å². The fourth-order valence-corrected chi connectivity index (χ4v) is 3.59. The van der Waals surface area contributed by atoms with Crippen molar-refractivity contribution in [3.8, 4) is 17.5 Å². The Balaban J connectivity index is 1.41. The van der Waals surface area contributed by atoms with Gasteiger partial charge in [0, 0.05) is 17.1 Å². The van der Waals surface area contributed by atoms with Crippen LogP contribution < -0.4 is 10.1 Å². The van der Waals surface area contributed by atoms with Gasteiger partial charge in [-0.25, -0.2) is 4.98 Å². The topological polar surface area (TPSA) is 90.1 Å². The SMILES string of the molecule is O=C(COc1nc(-c2ccccc2Cl)no1)NC(c1ccccc1)c1nccs1. The smallest absolute Gasteiger partial charge is 0.418 e. The summed E-state index contributed by atoms with van der Waals surface area (Å²) in [6, 6.07) is 16.3. The molecule has 0 saturated carbocycles. The largest absolute Gasteiger partial charge is 0.439 e. The molecule has 0 radical (unpaired) electrons. The number of nitrogens with zero attached hydrogens (tertiary/aromatic N) is 3. The average molecular weight is 427 g/mol. The van der Waals surface area contributed by atoms with E-state index >= 15 is 0 Å². The molecule has 1 amide bonds. The monoisotopic (exact) mass is 426 g/mol. The third-order valence-corrected chi connectivity index (χ3v) is 5.16. The molecule has 0 aliphatic carbocycles. The number of nitrogens with one attached hydrogen (secondary N) is 1. The van der Waals surface area contributed by atoms with E-state index < -0.39 is 0 Å². The number of amides is 1. The van der Waals surface area contributed by atoms with E-state index in [1.54, 1.807) is 24.4 Å². The summed E-state index contributed by atoms with van der Waals surface area (Å²) in [6.45, 7) is -0.279. The van der Waals surface area contributed by atoms with Gasteiger partial charge in [0.25, 0.3) is 5.91 Å². The first kappa shape index (κ1) is 19.1. The highest BCUT2D eigenvalue weighted by Gasteiger charge is 2.20. The van der Waals surface area contributed by atoms with Crippen LogP contribution in [0, 0.1) is 0 Å². The van der Waals surface area contributed by atoms with Gasteiger partial charge in [0.05, 0.1) is 5.02 Å². The van der Waals surface area contributed by atoms with Gasteiger partial charge in [-0.15, -0.1) is 11.3 Å². The second-order valence-electron chi connectivity index (χ2n) is 5.93. The zero-order chi connectivity index (χ0) is 20.1. The first-order chi connectivity index (χ1) is 14.2. The average Bonchev–Trinajstić information content (AvgIpc) is 3.44. The molecule has 1 unspecified atom stereocenters. The van der Waals surface area contributed by atoms with Crippen LogP contribution in [0.2, 0.25) is 5.02 Å². The number of hydrogen-bond donors (Lipinski definition) is 1. The molecular formula is C20H15ClN4O3S. The maximum atomic E-state index is 12.5. The molecule has 0 bridgehead atoms. The molecule has 146 valence electrons. The minimum atomic E-state index is -0.367. The van der Waals surface area contributed by atoms with Gasteiger partial charge in [0.15, 0.2) is 6.61 Å². The van der Waals surface area contributed by atoms with Gasteiger partial charge in [-0.2, -0.15) is 4.98 Å². The van der Waals surface area contributed by atoms with E-state index in [1.165, 1.54) is 11.3 Å². The first-order valence-corrected chi connectivity index (χ1v) is 9.91. The second-order valence-corrected chi connectivity index (χ2v) is 7.27. The summed E-state index contributed by atoms with van der Waals surface area (Å²) in [4.78, 5) is 20.9. The predicted octanol–water partition coefficient (Wildman–Crippen LogP) is 4.13. The summed E-state index contributed by atoms with van der Waals surface area (Å²) < 4.78 is 10.4. The van der Waals surface area contributed by atoms with Crippen LogP contribution >= 0.6 is 22.9 Å². The van der Waals surface area contributed by atoms with E-state index in [4.69, 9.17) is 20.9 Å². The summed E-state index contributed by atoms with van der Waals surface area (Å²) in [5.41, 5.74) is 1.54. The molecule has 2 aromatic carbocycles. The lowest BCUT2D eigenvalue weighted by Gasteiger charge is -2.16. The molecule has 0 aliphatic rings. The Morgan fingerprint density at radius 3 is 2.72 bits per heavy atom. The van der Waals surface area contributed by atoms with Gasteiger partial charge in [0.2, 0.25) is 5.82 Å². The number of carbonyl (C=O) groups excluding carboxylic acids is 1. The second kappa shape index (κ2) is 8.85. The molecule has 1 N–H and O–H groups in total. The Kier molecular flexibility index (Phi) is 5.83. The summed E-state index contributed by atoms with van der Waals surface area (Å²) in [6.07, 6.45) is 1.59. The highest BCUT2D eigenvalue weighted by Crippen LogP contribution is 2.26. The molecule has 4 aromatic rings. The Bertz CT molecular complexity index is 1090. The Hall–Kier alpha value is -3.23. The lowest BCUT2D eigenvalue weighted by molar-refractivity contribution is -0.124. The van der Waals surface area contributed by atoms with E-state index in [1.807, 2.05) is 41.8 Å².